The van der Waals surface area contributed by atoms with Crippen molar-refractivity contribution >= 4 is 29.7 Å². The summed E-state index contributed by atoms with van der Waals surface area (Å²) in [5.41, 5.74) is 17.1. The fourth-order valence-electron chi connectivity index (χ4n) is 3.50. The number of nitrogens with two attached hydrogens (primary N) is 3. The van der Waals surface area contributed by atoms with Gasteiger partial charge in [0.05, 0.1) is 12.4 Å². The van der Waals surface area contributed by atoms with Gasteiger partial charge in [0, 0.05) is 24.9 Å². The Balaban J connectivity index is 2.98. The molecule has 4 atom stereocenters. The molecule has 1 aromatic rings. The number of carboxylic acids is 1. The van der Waals surface area contributed by atoms with E-state index in [1.807, 2.05) is 13.8 Å². The van der Waals surface area contributed by atoms with Gasteiger partial charge in [-0.25, -0.2) is 9.78 Å². The zero-order valence-corrected chi connectivity index (χ0v) is 21.9. The van der Waals surface area contributed by atoms with Gasteiger partial charge in [-0.05, 0) is 31.1 Å². The number of aliphatic imine (C=N–C) groups is 1. The third-order valence-electron chi connectivity index (χ3n) is 5.49. The third-order valence-corrected chi connectivity index (χ3v) is 5.49. The number of hydrogen-bond donors (Lipinski definition) is 8. The predicted octanol–water partition coefficient (Wildman–Crippen LogP) is -1.43. The first-order valence-corrected chi connectivity index (χ1v) is 12.2. The van der Waals surface area contributed by atoms with Gasteiger partial charge in [0.2, 0.25) is 17.7 Å². The summed E-state index contributed by atoms with van der Waals surface area (Å²) >= 11 is 0. The Hall–Kier alpha value is -3.68. The molecule has 0 aliphatic rings. The highest BCUT2D eigenvalue weighted by molar-refractivity contribution is 5.94. The first kappa shape index (κ1) is 31.4. The van der Waals surface area contributed by atoms with Crippen LogP contribution in [0.25, 0.3) is 0 Å². The van der Waals surface area contributed by atoms with Gasteiger partial charge in [0.15, 0.2) is 5.96 Å². The summed E-state index contributed by atoms with van der Waals surface area (Å²) in [4.78, 5) is 61.2. The summed E-state index contributed by atoms with van der Waals surface area (Å²) in [7, 11) is 0. The molecule has 0 aliphatic carbocycles. The summed E-state index contributed by atoms with van der Waals surface area (Å²) in [6, 6.07) is -4.11. The van der Waals surface area contributed by atoms with Crippen LogP contribution < -0.4 is 33.2 Å². The number of amides is 3. The lowest BCUT2D eigenvalue weighted by molar-refractivity contribution is -0.143. The van der Waals surface area contributed by atoms with E-state index in [0.29, 0.717) is 31.5 Å². The van der Waals surface area contributed by atoms with Gasteiger partial charge in [-0.3, -0.25) is 19.4 Å². The van der Waals surface area contributed by atoms with Crippen molar-refractivity contribution in [3.8, 4) is 0 Å². The molecule has 3 amide bonds. The predicted molar refractivity (Wildman–Crippen MR) is 138 cm³/mol. The molecule has 208 valence electrons. The van der Waals surface area contributed by atoms with Crippen LogP contribution in [0.2, 0.25) is 0 Å². The van der Waals surface area contributed by atoms with Gasteiger partial charge >= 0.3 is 5.97 Å². The molecular weight excluding hydrogens is 482 g/mol. The molecule has 0 saturated carbocycles. The lowest BCUT2D eigenvalue weighted by atomic mass is 10.0. The first-order valence-electron chi connectivity index (χ1n) is 12.2. The number of carboxylic acid groups (broad SMARTS) is 1. The van der Waals surface area contributed by atoms with Crippen molar-refractivity contribution in [2.45, 2.75) is 77.5 Å². The highest BCUT2D eigenvalue weighted by Crippen LogP contribution is 2.09. The second kappa shape index (κ2) is 15.4. The molecule has 37 heavy (non-hydrogen) atoms. The van der Waals surface area contributed by atoms with E-state index < -0.39 is 47.9 Å². The molecule has 4 unspecified atom stereocenters. The van der Waals surface area contributed by atoms with E-state index in [1.54, 1.807) is 13.8 Å². The molecule has 14 nitrogen and oxygen atoms in total. The van der Waals surface area contributed by atoms with Crippen LogP contribution in [0, 0.1) is 11.8 Å². The second-order valence-electron chi connectivity index (χ2n) is 9.66. The molecule has 0 saturated heterocycles. The molecule has 0 bridgehead atoms. The average Bonchev–Trinajstić information content (AvgIpc) is 3.31. The van der Waals surface area contributed by atoms with E-state index in [-0.39, 0.29) is 24.2 Å². The Morgan fingerprint density at radius 1 is 1.03 bits per heavy atom. The molecule has 0 spiro atoms. The van der Waals surface area contributed by atoms with Crippen LogP contribution in [0.3, 0.4) is 0 Å². The Labute approximate surface area is 216 Å². The van der Waals surface area contributed by atoms with Crippen LogP contribution >= 0.6 is 0 Å². The highest BCUT2D eigenvalue weighted by Gasteiger charge is 2.32. The van der Waals surface area contributed by atoms with Gasteiger partial charge in [0.1, 0.15) is 18.1 Å². The number of guanidine groups is 1. The Bertz CT molecular complexity index is 914. The van der Waals surface area contributed by atoms with E-state index in [0.717, 1.165) is 0 Å². The number of carbonyl (C=O) groups is 4. The standard InChI is InChI=1S/C23H41N9O5/c1-12(2)8-16(30-19(33)15(24)6-5-7-28-23(25)26)20(34)31-17(9-14-10-27-11-29-14)21(35)32-18(13(3)4)22(36)37/h10-13,15-18H,5-9,24H2,1-4H3,(H,27,29)(H,30,33)(H,31,34)(H,32,35)(H,36,37)(H4,25,26,28). The number of carbonyl (C=O) groups excluding carboxylic acids is 3. The molecule has 0 fully saturated rings. The Morgan fingerprint density at radius 2 is 1.65 bits per heavy atom. The van der Waals surface area contributed by atoms with E-state index in [1.165, 1.54) is 12.5 Å². The number of H-pyrrole nitrogens is 1. The lowest BCUT2D eigenvalue weighted by Gasteiger charge is -2.26. The van der Waals surface area contributed by atoms with Crippen LogP contribution in [0.4, 0.5) is 0 Å². The van der Waals surface area contributed by atoms with Gasteiger partial charge in [-0.2, -0.15) is 0 Å². The van der Waals surface area contributed by atoms with Crippen molar-refractivity contribution in [1.29, 1.82) is 0 Å². The molecular formula is C23H41N9O5. The smallest absolute Gasteiger partial charge is 0.326 e. The number of imidazole rings is 1. The van der Waals surface area contributed by atoms with Gasteiger partial charge in [-0.1, -0.05) is 27.7 Å². The first-order chi connectivity index (χ1) is 17.3. The van der Waals surface area contributed by atoms with Crippen molar-refractivity contribution in [2.24, 2.45) is 34.0 Å². The largest absolute Gasteiger partial charge is 0.480 e. The maximum Gasteiger partial charge on any atom is 0.326 e. The minimum absolute atomic E-state index is 0.0337. The van der Waals surface area contributed by atoms with Gasteiger partial charge < -0.3 is 43.2 Å². The fraction of sp³-hybridized carbons (Fsp3) is 0.652. The molecule has 1 rings (SSSR count). The number of aliphatic carboxylic acids is 1. The number of aromatic nitrogens is 2. The maximum atomic E-state index is 13.2. The fourth-order valence-corrected chi connectivity index (χ4v) is 3.50. The number of rotatable bonds is 16. The zero-order valence-electron chi connectivity index (χ0n) is 21.9. The molecule has 14 heteroatoms. The molecule has 11 N–H and O–H groups in total. The van der Waals surface area contributed by atoms with Crippen molar-refractivity contribution in [2.75, 3.05) is 6.54 Å². The van der Waals surface area contributed by atoms with Crippen LogP contribution in [-0.2, 0) is 25.6 Å². The number of nitrogens with one attached hydrogen (secondary N) is 4. The monoisotopic (exact) mass is 523 g/mol. The van der Waals surface area contributed by atoms with E-state index >= 15 is 0 Å². The topological polar surface area (TPSA) is 244 Å². The molecule has 0 aromatic carbocycles. The molecule has 1 heterocycles. The lowest BCUT2D eigenvalue weighted by Crippen LogP contribution is -2.58. The van der Waals surface area contributed by atoms with Crippen molar-refractivity contribution in [3.63, 3.8) is 0 Å². The minimum Gasteiger partial charge on any atom is -0.480 e. The average molecular weight is 524 g/mol. The second-order valence-corrected chi connectivity index (χ2v) is 9.66. The Morgan fingerprint density at radius 3 is 2.16 bits per heavy atom. The summed E-state index contributed by atoms with van der Waals surface area (Å²) in [6.07, 6.45) is 4.03. The number of nitrogens with zero attached hydrogens (tertiary/aromatic N) is 2. The summed E-state index contributed by atoms with van der Waals surface area (Å²) in [5.74, 6) is -3.37. The van der Waals surface area contributed by atoms with Crippen molar-refractivity contribution in [1.82, 2.24) is 25.9 Å². The van der Waals surface area contributed by atoms with Crippen molar-refractivity contribution < 1.29 is 24.3 Å². The number of aromatic amines is 1. The van der Waals surface area contributed by atoms with E-state index in [2.05, 4.69) is 30.9 Å². The quantitative estimate of drug-likeness (QED) is 0.0718. The number of hydrogen-bond acceptors (Lipinski definition) is 7. The highest BCUT2D eigenvalue weighted by atomic mass is 16.4. The van der Waals surface area contributed by atoms with Crippen LogP contribution in [0.5, 0.6) is 0 Å². The Kier molecular flexibility index (Phi) is 13.1. The molecule has 0 radical (unpaired) electrons. The molecule has 1 aromatic heterocycles. The molecule has 0 aliphatic heterocycles. The third kappa shape index (κ3) is 11.7. The van der Waals surface area contributed by atoms with Crippen LogP contribution in [-0.4, -0.2) is 75.4 Å². The van der Waals surface area contributed by atoms with Gasteiger partial charge in [0.25, 0.3) is 0 Å². The normalized spacial score (nSPS) is 14.4. The summed E-state index contributed by atoms with van der Waals surface area (Å²) in [5, 5.41) is 17.3. The van der Waals surface area contributed by atoms with Crippen LogP contribution in [0.15, 0.2) is 17.5 Å². The summed E-state index contributed by atoms with van der Waals surface area (Å²) < 4.78 is 0. The van der Waals surface area contributed by atoms with Crippen LogP contribution in [0.1, 0.15) is 52.7 Å². The summed E-state index contributed by atoms with van der Waals surface area (Å²) in [6.45, 7) is 7.41. The van der Waals surface area contributed by atoms with E-state index in [4.69, 9.17) is 17.2 Å². The minimum atomic E-state index is -1.19. The zero-order chi connectivity index (χ0) is 28.1. The van der Waals surface area contributed by atoms with Crippen molar-refractivity contribution in [3.05, 3.63) is 18.2 Å². The van der Waals surface area contributed by atoms with E-state index in [9.17, 15) is 24.3 Å². The maximum absolute atomic E-state index is 13.2. The SMILES string of the molecule is CC(C)CC(NC(=O)C(N)CCCN=C(N)N)C(=O)NC(Cc1cnc[nH]1)C(=O)NC(C(=O)O)C(C)C. The van der Waals surface area contributed by atoms with Gasteiger partial charge in [-0.15, -0.1) is 0 Å².